The van der Waals surface area contributed by atoms with E-state index in [0.29, 0.717) is 16.9 Å². The first-order valence-corrected chi connectivity index (χ1v) is 5.95. The normalized spacial score (nSPS) is 9.80. The van der Waals surface area contributed by atoms with Gasteiger partial charge in [-0.2, -0.15) is 5.26 Å². The topological polar surface area (TPSA) is 83.2 Å². The van der Waals surface area contributed by atoms with Crippen LogP contribution in [0.4, 0.5) is 0 Å². The third kappa shape index (κ3) is 3.33. The van der Waals surface area contributed by atoms with Crippen molar-refractivity contribution < 1.29 is 14.6 Å². The molecule has 0 fully saturated rings. The Kier molecular flexibility index (Phi) is 3.96. The number of benzene rings is 1. The fourth-order valence-corrected chi connectivity index (χ4v) is 1.66. The number of aromatic nitrogens is 1. The summed E-state index contributed by atoms with van der Waals surface area (Å²) in [5.74, 6) is -0.127. The summed E-state index contributed by atoms with van der Waals surface area (Å²) < 4.78 is 5.56. The van der Waals surface area contributed by atoms with Crippen molar-refractivity contribution in [1.82, 2.24) is 4.98 Å². The molecule has 2 aromatic rings. The van der Waals surface area contributed by atoms with Gasteiger partial charge in [0.1, 0.15) is 17.4 Å². The number of pyridine rings is 1. The fraction of sp³-hybridized carbons (Fsp3) is 0.133. The molecule has 0 amide bonds. The van der Waals surface area contributed by atoms with Crippen LogP contribution in [0, 0.1) is 18.3 Å². The molecule has 2 rings (SSSR count). The van der Waals surface area contributed by atoms with Crippen molar-refractivity contribution in [3.63, 3.8) is 0 Å². The molecule has 20 heavy (non-hydrogen) atoms. The van der Waals surface area contributed by atoms with E-state index in [0.717, 1.165) is 5.69 Å². The standard InChI is InChI=1S/C15H12N2O3/c1-10-2-5-12(9-16)15(17-10)20-13-6-3-11(4-7-13)8-14(18)19/h2-7H,8H2,1H3,(H,18,19). The Labute approximate surface area is 116 Å². The maximum Gasteiger partial charge on any atom is 0.307 e. The van der Waals surface area contributed by atoms with E-state index in [1.807, 2.05) is 13.0 Å². The minimum absolute atomic E-state index is 0.0353. The van der Waals surface area contributed by atoms with Crippen LogP contribution < -0.4 is 4.74 Å². The molecule has 0 aliphatic carbocycles. The van der Waals surface area contributed by atoms with Gasteiger partial charge in [-0.1, -0.05) is 12.1 Å². The molecule has 100 valence electrons. The van der Waals surface area contributed by atoms with Crippen LogP contribution in [-0.2, 0) is 11.2 Å². The Balaban J connectivity index is 2.20. The van der Waals surface area contributed by atoms with E-state index in [1.54, 1.807) is 36.4 Å². The molecule has 0 saturated carbocycles. The Hall–Kier alpha value is -2.87. The van der Waals surface area contributed by atoms with Crippen LogP contribution in [0.2, 0.25) is 0 Å². The summed E-state index contributed by atoms with van der Waals surface area (Å²) in [5.41, 5.74) is 1.79. The molecule has 1 heterocycles. The van der Waals surface area contributed by atoms with Crippen molar-refractivity contribution in [2.45, 2.75) is 13.3 Å². The van der Waals surface area contributed by atoms with Crippen molar-refractivity contribution in [1.29, 1.82) is 5.26 Å². The lowest BCUT2D eigenvalue weighted by atomic mass is 10.1. The van der Waals surface area contributed by atoms with Crippen LogP contribution in [0.3, 0.4) is 0 Å². The molecule has 1 aromatic carbocycles. The van der Waals surface area contributed by atoms with Crippen molar-refractivity contribution >= 4 is 5.97 Å². The maximum absolute atomic E-state index is 10.6. The number of rotatable bonds is 4. The molecule has 0 unspecified atom stereocenters. The second-order valence-corrected chi connectivity index (χ2v) is 4.23. The number of nitrogens with zero attached hydrogens (tertiary/aromatic N) is 2. The minimum atomic E-state index is -0.884. The van der Waals surface area contributed by atoms with Crippen LogP contribution in [0.5, 0.6) is 11.6 Å². The first-order valence-electron chi connectivity index (χ1n) is 5.95. The van der Waals surface area contributed by atoms with Crippen LogP contribution in [0.25, 0.3) is 0 Å². The average Bonchev–Trinajstić information content (AvgIpc) is 2.41. The monoisotopic (exact) mass is 268 g/mol. The van der Waals surface area contributed by atoms with Gasteiger partial charge in [0.15, 0.2) is 0 Å². The Bertz CT molecular complexity index is 673. The molecule has 0 aliphatic heterocycles. The van der Waals surface area contributed by atoms with E-state index >= 15 is 0 Å². The first-order chi connectivity index (χ1) is 9.58. The van der Waals surface area contributed by atoms with Crippen LogP contribution in [0.1, 0.15) is 16.8 Å². The Morgan fingerprint density at radius 3 is 2.60 bits per heavy atom. The van der Waals surface area contributed by atoms with Crippen LogP contribution in [-0.4, -0.2) is 16.1 Å². The number of hydrogen-bond acceptors (Lipinski definition) is 4. The Morgan fingerprint density at radius 2 is 2.00 bits per heavy atom. The first kappa shape index (κ1) is 13.6. The SMILES string of the molecule is Cc1ccc(C#N)c(Oc2ccc(CC(=O)O)cc2)n1. The lowest BCUT2D eigenvalue weighted by Gasteiger charge is -2.07. The van der Waals surface area contributed by atoms with Gasteiger partial charge >= 0.3 is 5.97 Å². The van der Waals surface area contributed by atoms with Gasteiger partial charge in [-0.05, 0) is 36.8 Å². The minimum Gasteiger partial charge on any atom is -0.481 e. The highest BCUT2D eigenvalue weighted by Crippen LogP contribution is 2.23. The molecule has 0 radical (unpaired) electrons. The number of aliphatic carboxylic acids is 1. The number of carbonyl (C=O) groups is 1. The highest BCUT2D eigenvalue weighted by Gasteiger charge is 2.07. The van der Waals surface area contributed by atoms with Gasteiger partial charge in [-0.15, -0.1) is 0 Å². The van der Waals surface area contributed by atoms with E-state index in [2.05, 4.69) is 4.98 Å². The molecule has 0 aliphatic rings. The molecule has 0 spiro atoms. The second kappa shape index (κ2) is 5.85. The van der Waals surface area contributed by atoms with E-state index in [1.165, 1.54) is 0 Å². The van der Waals surface area contributed by atoms with Crippen molar-refractivity contribution in [2.75, 3.05) is 0 Å². The summed E-state index contributed by atoms with van der Waals surface area (Å²) >= 11 is 0. The molecule has 5 heteroatoms. The predicted octanol–water partition coefficient (Wildman–Crippen LogP) is 2.68. The molecule has 1 N–H and O–H groups in total. The third-order valence-electron chi connectivity index (χ3n) is 2.61. The number of hydrogen-bond donors (Lipinski definition) is 1. The lowest BCUT2D eigenvalue weighted by molar-refractivity contribution is -0.136. The summed E-state index contributed by atoms with van der Waals surface area (Å²) in [6.45, 7) is 1.81. The van der Waals surface area contributed by atoms with Crippen molar-refractivity contribution in [3.8, 4) is 17.7 Å². The van der Waals surface area contributed by atoms with Gasteiger partial charge in [-0.25, -0.2) is 4.98 Å². The van der Waals surface area contributed by atoms with Crippen molar-refractivity contribution in [3.05, 3.63) is 53.2 Å². The van der Waals surface area contributed by atoms with Gasteiger partial charge in [0, 0.05) is 5.69 Å². The molecular formula is C15H12N2O3. The number of nitriles is 1. The Morgan fingerprint density at radius 1 is 1.30 bits per heavy atom. The number of carboxylic acid groups (broad SMARTS) is 1. The third-order valence-corrected chi connectivity index (χ3v) is 2.61. The van der Waals surface area contributed by atoms with Gasteiger partial charge in [-0.3, -0.25) is 4.79 Å². The number of ether oxygens (including phenoxy) is 1. The molecule has 0 saturated heterocycles. The summed E-state index contributed by atoms with van der Waals surface area (Å²) in [6.07, 6.45) is -0.0353. The molecule has 0 bridgehead atoms. The van der Waals surface area contributed by atoms with E-state index in [9.17, 15) is 4.79 Å². The van der Waals surface area contributed by atoms with Crippen LogP contribution in [0.15, 0.2) is 36.4 Å². The predicted molar refractivity (Wildman–Crippen MR) is 71.5 cm³/mol. The fourth-order valence-electron chi connectivity index (χ4n) is 1.66. The summed E-state index contributed by atoms with van der Waals surface area (Å²) in [4.78, 5) is 14.8. The van der Waals surface area contributed by atoms with Gasteiger partial charge in [0.25, 0.3) is 0 Å². The zero-order valence-corrected chi connectivity index (χ0v) is 10.8. The zero-order valence-electron chi connectivity index (χ0n) is 10.8. The smallest absolute Gasteiger partial charge is 0.307 e. The molecular weight excluding hydrogens is 256 g/mol. The molecule has 1 aromatic heterocycles. The van der Waals surface area contributed by atoms with Gasteiger partial charge < -0.3 is 9.84 Å². The van der Waals surface area contributed by atoms with E-state index in [4.69, 9.17) is 15.1 Å². The summed E-state index contributed by atoms with van der Waals surface area (Å²) in [6, 6.07) is 12.1. The summed E-state index contributed by atoms with van der Waals surface area (Å²) in [5, 5.41) is 17.7. The summed E-state index contributed by atoms with van der Waals surface area (Å²) in [7, 11) is 0. The zero-order chi connectivity index (χ0) is 14.5. The molecule has 0 atom stereocenters. The maximum atomic E-state index is 10.6. The number of carboxylic acids is 1. The lowest BCUT2D eigenvalue weighted by Crippen LogP contribution is -1.99. The number of aryl methyl sites for hydroxylation is 1. The van der Waals surface area contributed by atoms with Crippen molar-refractivity contribution in [2.24, 2.45) is 0 Å². The molecule has 5 nitrogen and oxygen atoms in total. The second-order valence-electron chi connectivity index (χ2n) is 4.23. The average molecular weight is 268 g/mol. The van der Waals surface area contributed by atoms with Gasteiger partial charge in [0.2, 0.25) is 5.88 Å². The van der Waals surface area contributed by atoms with E-state index < -0.39 is 5.97 Å². The van der Waals surface area contributed by atoms with E-state index in [-0.39, 0.29) is 12.3 Å². The van der Waals surface area contributed by atoms with Gasteiger partial charge in [0.05, 0.1) is 6.42 Å². The van der Waals surface area contributed by atoms with Crippen LogP contribution >= 0.6 is 0 Å². The largest absolute Gasteiger partial charge is 0.481 e. The highest BCUT2D eigenvalue weighted by molar-refractivity contribution is 5.70. The quantitative estimate of drug-likeness (QED) is 0.921. The highest BCUT2D eigenvalue weighted by atomic mass is 16.5.